The number of nitrogens with zero attached hydrogens (tertiary/aromatic N) is 4. The quantitative estimate of drug-likeness (QED) is 0.350. The third-order valence-electron chi connectivity index (χ3n) is 6.69. The first kappa shape index (κ1) is 25.4. The smallest absolute Gasteiger partial charge is 0.253 e. The highest BCUT2D eigenvalue weighted by molar-refractivity contribution is 5.95. The van der Waals surface area contributed by atoms with Crippen LogP contribution in [0.3, 0.4) is 0 Å². The van der Waals surface area contributed by atoms with E-state index in [0.29, 0.717) is 30.2 Å². The van der Waals surface area contributed by atoms with Crippen molar-refractivity contribution in [1.82, 2.24) is 30.1 Å². The first-order chi connectivity index (χ1) is 18.5. The normalized spacial score (nSPS) is 14.0. The van der Waals surface area contributed by atoms with Gasteiger partial charge in [0.05, 0.1) is 6.61 Å². The Bertz CT molecular complexity index is 1420. The first-order valence-corrected chi connectivity index (χ1v) is 12.9. The summed E-state index contributed by atoms with van der Waals surface area (Å²) in [4.78, 5) is 40.7. The molecule has 9 heteroatoms. The van der Waals surface area contributed by atoms with Crippen LogP contribution < -0.4 is 10.1 Å². The minimum absolute atomic E-state index is 0.0397. The van der Waals surface area contributed by atoms with E-state index < -0.39 is 0 Å². The van der Waals surface area contributed by atoms with Gasteiger partial charge in [-0.25, -0.2) is 9.97 Å². The van der Waals surface area contributed by atoms with Crippen LogP contribution in [0.25, 0.3) is 33.7 Å². The van der Waals surface area contributed by atoms with Crippen LogP contribution in [0.4, 0.5) is 0 Å². The zero-order valence-corrected chi connectivity index (χ0v) is 21.7. The Kier molecular flexibility index (Phi) is 7.65. The van der Waals surface area contributed by atoms with E-state index in [4.69, 9.17) is 9.72 Å². The molecule has 4 aromatic rings. The maximum atomic E-state index is 12.9. The average molecular weight is 513 g/mol. The van der Waals surface area contributed by atoms with E-state index in [1.165, 1.54) is 6.92 Å². The van der Waals surface area contributed by atoms with Crippen molar-refractivity contribution in [2.75, 3.05) is 46.4 Å². The molecule has 0 aliphatic carbocycles. The molecule has 1 aliphatic heterocycles. The Labute approximate surface area is 221 Å². The molecule has 0 unspecified atom stereocenters. The molecule has 9 nitrogen and oxygen atoms in total. The summed E-state index contributed by atoms with van der Waals surface area (Å²) >= 11 is 0. The molecule has 0 atom stereocenters. The van der Waals surface area contributed by atoms with Crippen LogP contribution in [0, 0.1) is 0 Å². The van der Waals surface area contributed by atoms with Crippen molar-refractivity contribution in [1.29, 1.82) is 0 Å². The molecule has 196 valence electrons. The number of benzene rings is 2. The fraction of sp³-hybridized carbons (Fsp3) is 0.310. The van der Waals surface area contributed by atoms with Gasteiger partial charge in [-0.1, -0.05) is 24.3 Å². The Balaban J connectivity index is 1.32. The summed E-state index contributed by atoms with van der Waals surface area (Å²) < 4.78 is 5.89. The third-order valence-corrected chi connectivity index (χ3v) is 6.69. The second-order valence-corrected chi connectivity index (χ2v) is 9.53. The summed E-state index contributed by atoms with van der Waals surface area (Å²) in [6.07, 6.45) is 2.49. The predicted molar refractivity (Wildman–Crippen MR) is 147 cm³/mol. The molecule has 0 radical (unpaired) electrons. The van der Waals surface area contributed by atoms with Gasteiger partial charge in [0.25, 0.3) is 5.91 Å². The number of hydrogen-bond donors (Lipinski definition) is 2. The second kappa shape index (κ2) is 11.4. The van der Waals surface area contributed by atoms with Crippen LogP contribution in [0.1, 0.15) is 23.7 Å². The number of amides is 2. The van der Waals surface area contributed by atoms with Crippen LogP contribution in [0.15, 0.2) is 60.8 Å². The molecule has 2 aromatic heterocycles. The van der Waals surface area contributed by atoms with Gasteiger partial charge in [0.1, 0.15) is 17.1 Å². The lowest BCUT2D eigenvalue weighted by molar-refractivity contribution is -0.118. The molecular formula is C29H32N6O3. The Morgan fingerprint density at radius 2 is 1.82 bits per heavy atom. The Hall–Kier alpha value is -4.24. The zero-order valence-electron chi connectivity index (χ0n) is 21.7. The second-order valence-electron chi connectivity index (χ2n) is 9.53. The summed E-state index contributed by atoms with van der Waals surface area (Å²) in [7, 11) is 2.08. The number of hydrogen-bond acceptors (Lipinski definition) is 6. The van der Waals surface area contributed by atoms with Crippen molar-refractivity contribution >= 4 is 23.0 Å². The number of imidazole rings is 1. The lowest BCUT2D eigenvalue weighted by Crippen LogP contribution is -2.47. The number of carbonyl (C=O) groups excluding carboxylic acids is 2. The first-order valence-electron chi connectivity index (χ1n) is 12.9. The van der Waals surface area contributed by atoms with E-state index in [-0.39, 0.29) is 11.8 Å². The van der Waals surface area contributed by atoms with Gasteiger partial charge in [0.15, 0.2) is 5.65 Å². The zero-order chi connectivity index (χ0) is 26.5. The number of pyridine rings is 1. The minimum atomic E-state index is -0.0397. The molecule has 1 saturated heterocycles. The fourth-order valence-electron chi connectivity index (χ4n) is 4.52. The largest absolute Gasteiger partial charge is 0.494 e. The van der Waals surface area contributed by atoms with Crippen molar-refractivity contribution < 1.29 is 14.3 Å². The molecule has 0 saturated carbocycles. The van der Waals surface area contributed by atoms with Crippen LogP contribution in [0.5, 0.6) is 5.75 Å². The minimum Gasteiger partial charge on any atom is -0.494 e. The fourth-order valence-corrected chi connectivity index (χ4v) is 4.52. The van der Waals surface area contributed by atoms with E-state index in [0.717, 1.165) is 60.6 Å². The number of likely N-dealkylation sites (N-methyl/N-ethyl adjacent to an activating group) is 1. The highest BCUT2D eigenvalue weighted by atomic mass is 16.5. The van der Waals surface area contributed by atoms with Crippen molar-refractivity contribution in [3.63, 3.8) is 0 Å². The monoisotopic (exact) mass is 512 g/mol. The predicted octanol–water partition coefficient (Wildman–Crippen LogP) is 3.58. The van der Waals surface area contributed by atoms with Crippen LogP contribution in [-0.2, 0) is 4.79 Å². The summed E-state index contributed by atoms with van der Waals surface area (Å²) in [6.45, 7) is 5.89. The number of ether oxygens (including phenoxy) is 1. The van der Waals surface area contributed by atoms with Gasteiger partial charge >= 0.3 is 0 Å². The number of nitrogens with one attached hydrogen (secondary N) is 2. The lowest BCUT2D eigenvalue weighted by atomic mass is 10.1. The van der Waals surface area contributed by atoms with E-state index in [2.05, 4.69) is 27.2 Å². The maximum absolute atomic E-state index is 12.9. The highest BCUT2D eigenvalue weighted by Crippen LogP contribution is 2.30. The Morgan fingerprint density at radius 1 is 1.03 bits per heavy atom. The summed E-state index contributed by atoms with van der Waals surface area (Å²) in [5.74, 6) is 1.48. The standard InChI is InChI=1S/C29H32N6O3/c1-20(36)30-12-4-18-38-24-6-3-5-23(19-24)25-11-13-31-28-26(25)32-27(33-28)21-7-9-22(10-8-21)29(37)35-16-14-34(2)15-17-35/h3,5-11,13,19H,4,12,14-18H2,1-2H3,(H,30,36)(H,31,32,33). The van der Waals surface area contributed by atoms with E-state index in [1.54, 1.807) is 6.20 Å². The molecule has 2 aromatic carbocycles. The molecule has 5 rings (SSSR count). The lowest BCUT2D eigenvalue weighted by Gasteiger charge is -2.32. The third kappa shape index (κ3) is 5.84. The number of aromatic amines is 1. The molecule has 2 amide bonds. The molecule has 38 heavy (non-hydrogen) atoms. The van der Waals surface area contributed by atoms with E-state index >= 15 is 0 Å². The molecule has 3 heterocycles. The highest BCUT2D eigenvalue weighted by Gasteiger charge is 2.20. The van der Waals surface area contributed by atoms with Gasteiger partial charge in [0.2, 0.25) is 5.91 Å². The molecular weight excluding hydrogens is 480 g/mol. The van der Waals surface area contributed by atoms with Crippen molar-refractivity contribution in [2.24, 2.45) is 0 Å². The molecule has 0 spiro atoms. The van der Waals surface area contributed by atoms with Gasteiger partial charge in [0, 0.05) is 62.5 Å². The van der Waals surface area contributed by atoms with Gasteiger partial charge in [-0.05, 0) is 49.4 Å². The van der Waals surface area contributed by atoms with Crippen LogP contribution >= 0.6 is 0 Å². The molecule has 0 bridgehead atoms. The molecule has 1 fully saturated rings. The summed E-state index contributed by atoms with van der Waals surface area (Å²) in [6, 6.07) is 17.4. The number of carbonyl (C=O) groups is 2. The Morgan fingerprint density at radius 3 is 2.58 bits per heavy atom. The van der Waals surface area contributed by atoms with Gasteiger partial charge < -0.3 is 24.8 Å². The average Bonchev–Trinajstić information content (AvgIpc) is 3.38. The number of piperazine rings is 1. The molecule has 2 N–H and O–H groups in total. The number of H-pyrrole nitrogens is 1. The SMILES string of the molecule is CC(=O)NCCCOc1cccc(-c2ccnc3[nH]c(-c4ccc(C(=O)N5CCN(C)CC5)cc4)nc23)c1. The van der Waals surface area contributed by atoms with E-state index in [1.807, 2.05) is 59.5 Å². The van der Waals surface area contributed by atoms with Crippen molar-refractivity contribution in [3.8, 4) is 28.3 Å². The summed E-state index contributed by atoms with van der Waals surface area (Å²) in [5, 5.41) is 2.77. The van der Waals surface area contributed by atoms with Crippen LogP contribution in [-0.4, -0.2) is 82.9 Å². The van der Waals surface area contributed by atoms with Crippen LogP contribution in [0.2, 0.25) is 0 Å². The summed E-state index contributed by atoms with van der Waals surface area (Å²) in [5.41, 5.74) is 4.95. The van der Waals surface area contributed by atoms with Crippen molar-refractivity contribution in [3.05, 3.63) is 66.4 Å². The van der Waals surface area contributed by atoms with Gasteiger partial charge in [-0.2, -0.15) is 0 Å². The molecule has 1 aliphatic rings. The topological polar surface area (TPSA) is 103 Å². The number of aromatic nitrogens is 3. The van der Waals surface area contributed by atoms with E-state index in [9.17, 15) is 9.59 Å². The van der Waals surface area contributed by atoms with Crippen molar-refractivity contribution in [2.45, 2.75) is 13.3 Å². The van der Waals surface area contributed by atoms with Gasteiger partial charge in [-0.3, -0.25) is 9.59 Å². The number of rotatable bonds is 8. The van der Waals surface area contributed by atoms with Gasteiger partial charge in [-0.15, -0.1) is 0 Å². The maximum Gasteiger partial charge on any atom is 0.253 e. The number of fused-ring (bicyclic) bond motifs is 1.